The molecule has 3 aromatic carbocycles. The number of ketones is 2. The van der Waals surface area contributed by atoms with E-state index < -0.39 is 0 Å². The molecule has 0 radical (unpaired) electrons. The molecule has 8 heteroatoms. The van der Waals surface area contributed by atoms with Gasteiger partial charge in [-0.05, 0) is 56.4 Å². The summed E-state index contributed by atoms with van der Waals surface area (Å²) in [6.07, 6.45) is 4.71. The molecule has 7 rings (SSSR count). The Hall–Kier alpha value is -4.30. The van der Waals surface area contributed by atoms with Crippen LogP contribution in [0.4, 0.5) is 11.8 Å². The van der Waals surface area contributed by atoms with Crippen LogP contribution in [0.2, 0.25) is 0 Å². The number of hydrogen-bond acceptors (Lipinski definition) is 6. The molecular weight excluding hydrogens is 614 g/mol. The Morgan fingerprint density at radius 1 is 0.750 bits per heavy atom. The van der Waals surface area contributed by atoms with E-state index in [4.69, 9.17) is 9.97 Å². The molecule has 44 heavy (non-hydrogen) atoms. The lowest BCUT2D eigenvalue weighted by Crippen LogP contribution is -2.24. The third kappa shape index (κ3) is 6.17. The third-order valence-corrected chi connectivity index (χ3v) is 8.74. The van der Waals surface area contributed by atoms with Crippen molar-refractivity contribution in [1.82, 2.24) is 14.5 Å². The van der Waals surface area contributed by atoms with Gasteiger partial charge in [0.1, 0.15) is 5.82 Å². The largest absolute Gasteiger partial charge is 0.356 e. The lowest BCUT2D eigenvalue weighted by Gasteiger charge is -2.22. The van der Waals surface area contributed by atoms with E-state index >= 15 is 0 Å². The fraction of sp³-hybridized carbons (Fsp3) is 0.278. The van der Waals surface area contributed by atoms with E-state index in [1.807, 2.05) is 60.7 Å². The molecule has 2 fully saturated rings. The van der Waals surface area contributed by atoms with E-state index in [1.165, 1.54) is 25.7 Å². The van der Waals surface area contributed by atoms with Crippen molar-refractivity contribution in [3.63, 3.8) is 0 Å². The van der Waals surface area contributed by atoms with Gasteiger partial charge in [0.05, 0.1) is 22.1 Å². The number of halogens is 1. The summed E-state index contributed by atoms with van der Waals surface area (Å²) in [4.78, 5) is 38.6. The predicted molar refractivity (Wildman–Crippen MR) is 182 cm³/mol. The normalized spacial score (nSPS) is 14.5. The van der Waals surface area contributed by atoms with Crippen molar-refractivity contribution in [2.24, 2.45) is 0 Å². The maximum Gasteiger partial charge on any atom is 0.229 e. The summed E-state index contributed by atoms with van der Waals surface area (Å²) in [5, 5.41) is 1.44. The molecule has 2 aliphatic rings. The van der Waals surface area contributed by atoms with Gasteiger partial charge < -0.3 is 9.80 Å². The number of anilines is 2. The van der Waals surface area contributed by atoms with Crippen molar-refractivity contribution in [2.45, 2.75) is 32.6 Å². The van der Waals surface area contributed by atoms with Crippen molar-refractivity contribution in [3.05, 3.63) is 102 Å². The topological polar surface area (TPSA) is 71.3 Å². The minimum Gasteiger partial charge on any atom is -0.356 e. The monoisotopic (exact) mass is 649 g/mol. The number of fused-ring (bicyclic) bond motifs is 1. The molecule has 7 nitrogen and oxygen atoms in total. The smallest absolute Gasteiger partial charge is 0.229 e. The summed E-state index contributed by atoms with van der Waals surface area (Å²) >= 11 is 3.10. The average Bonchev–Trinajstić information content (AvgIpc) is 3.87. The predicted octanol–water partition coefficient (Wildman–Crippen LogP) is 7.75. The van der Waals surface area contributed by atoms with Crippen LogP contribution in [0.3, 0.4) is 0 Å². The average molecular weight is 651 g/mol. The molecule has 0 bridgehead atoms. The maximum atomic E-state index is 12.6. The SMILES string of the molecule is CC(=O)c1ccccc1-n1c(-c2ccccc2)cc2c(N3CCCC3)nc(N3CCCC3)nc21.O=C(CBr)c1ccccc1. The van der Waals surface area contributed by atoms with Crippen LogP contribution in [0.1, 0.15) is 53.3 Å². The quantitative estimate of drug-likeness (QED) is 0.133. The standard InChI is InChI=1S/C28H29N5O.C8H7BrO/c1-20(34)22-13-5-6-14-24(22)33-25(21-11-3-2-4-12-21)19-23-26(31-15-7-8-16-31)29-28(30-27(23)33)32-17-9-10-18-32;9-6-8(10)7-4-2-1-3-5-7/h2-6,11-14,19H,7-10,15-18H2,1H3;1-5H,6H2. The first kappa shape index (κ1) is 29.8. The number of alkyl halides is 1. The summed E-state index contributed by atoms with van der Waals surface area (Å²) in [5.74, 6) is 1.98. The van der Waals surface area contributed by atoms with Crippen LogP contribution in [0.15, 0.2) is 91.0 Å². The number of Topliss-reactive ketones (excluding diaryl/α,β-unsaturated/α-hetero) is 2. The Balaban J connectivity index is 0.000000294. The summed E-state index contributed by atoms with van der Waals surface area (Å²) in [6.45, 7) is 5.64. The molecule has 0 unspecified atom stereocenters. The highest BCUT2D eigenvalue weighted by atomic mass is 79.9. The minimum absolute atomic E-state index is 0.0463. The zero-order valence-electron chi connectivity index (χ0n) is 25.0. The van der Waals surface area contributed by atoms with Gasteiger partial charge >= 0.3 is 0 Å². The Kier molecular flexibility index (Phi) is 9.17. The van der Waals surface area contributed by atoms with Crippen molar-refractivity contribution in [2.75, 3.05) is 41.3 Å². The minimum atomic E-state index is 0.0463. The molecule has 0 saturated carbocycles. The van der Waals surface area contributed by atoms with E-state index in [0.717, 1.165) is 71.5 Å². The molecule has 5 aromatic rings. The second-order valence-corrected chi connectivity index (χ2v) is 11.8. The molecular formula is C36H36BrN5O2. The molecule has 0 atom stereocenters. The lowest BCUT2D eigenvalue weighted by molar-refractivity contribution is 0.101. The summed E-state index contributed by atoms with van der Waals surface area (Å²) in [7, 11) is 0. The molecule has 0 N–H and O–H groups in total. The molecule has 2 aromatic heterocycles. The first-order chi connectivity index (χ1) is 21.5. The van der Waals surface area contributed by atoms with Crippen molar-refractivity contribution in [3.8, 4) is 16.9 Å². The van der Waals surface area contributed by atoms with E-state index in [1.54, 1.807) is 6.92 Å². The van der Waals surface area contributed by atoms with Gasteiger partial charge in [0.25, 0.3) is 0 Å². The van der Waals surface area contributed by atoms with Crippen LogP contribution in [-0.2, 0) is 0 Å². The maximum absolute atomic E-state index is 12.6. The fourth-order valence-corrected chi connectivity index (χ4v) is 6.33. The van der Waals surface area contributed by atoms with E-state index in [-0.39, 0.29) is 11.6 Å². The van der Waals surface area contributed by atoms with Gasteiger partial charge in [-0.3, -0.25) is 14.2 Å². The van der Waals surface area contributed by atoms with Crippen LogP contribution in [0.5, 0.6) is 0 Å². The fourth-order valence-electron chi connectivity index (χ4n) is 6.01. The Bertz CT molecular complexity index is 1760. The second kappa shape index (κ2) is 13.6. The van der Waals surface area contributed by atoms with Gasteiger partial charge in [0.2, 0.25) is 5.95 Å². The zero-order chi connectivity index (χ0) is 30.5. The Morgan fingerprint density at radius 3 is 1.98 bits per heavy atom. The Labute approximate surface area is 266 Å². The number of benzene rings is 3. The molecule has 224 valence electrons. The number of carbonyl (C=O) groups is 2. The van der Waals surface area contributed by atoms with Crippen LogP contribution in [0.25, 0.3) is 28.0 Å². The first-order valence-electron chi connectivity index (χ1n) is 15.3. The van der Waals surface area contributed by atoms with Crippen LogP contribution in [0, 0.1) is 0 Å². The molecule has 2 aliphatic heterocycles. The third-order valence-electron chi connectivity index (χ3n) is 8.23. The highest BCUT2D eigenvalue weighted by Gasteiger charge is 2.26. The summed E-state index contributed by atoms with van der Waals surface area (Å²) < 4.78 is 2.17. The van der Waals surface area contributed by atoms with Gasteiger partial charge in [-0.15, -0.1) is 0 Å². The molecule has 0 amide bonds. The van der Waals surface area contributed by atoms with E-state index in [0.29, 0.717) is 10.9 Å². The van der Waals surface area contributed by atoms with Gasteiger partial charge in [-0.25, -0.2) is 0 Å². The van der Waals surface area contributed by atoms with Crippen LogP contribution < -0.4 is 9.80 Å². The number of aromatic nitrogens is 3. The number of para-hydroxylation sites is 1. The molecule has 0 spiro atoms. The lowest BCUT2D eigenvalue weighted by atomic mass is 10.1. The van der Waals surface area contributed by atoms with E-state index in [2.05, 4.69) is 60.6 Å². The highest BCUT2D eigenvalue weighted by Crippen LogP contribution is 2.38. The van der Waals surface area contributed by atoms with Crippen LogP contribution >= 0.6 is 15.9 Å². The zero-order valence-corrected chi connectivity index (χ0v) is 26.5. The van der Waals surface area contributed by atoms with Gasteiger partial charge in [0, 0.05) is 37.3 Å². The molecule has 0 aliphatic carbocycles. The van der Waals surface area contributed by atoms with Gasteiger partial charge in [-0.1, -0.05) is 88.7 Å². The van der Waals surface area contributed by atoms with Crippen molar-refractivity contribution < 1.29 is 9.59 Å². The van der Waals surface area contributed by atoms with Gasteiger partial charge in [-0.2, -0.15) is 9.97 Å². The Morgan fingerprint density at radius 2 is 1.34 bits per heavy atom. The van der Waals surface area contributed by atoms with Crippen molar-refractivity contribution >= 4 is 50.3 Å². The number of hydrogen-bond donors (Lipinski definition) is 0. The molecule has 2 saturated heterocycles. The van der Waals surface area contributed by atoms with Gasteiger partial charge in [0.15, 0.2) is 17.2 Å². The number of nitrogens with zero attached hydrogens (tertiary/aromatic N) is 5. The first-order valence-corrected chi connectivity index (χ1v) is 16.4. The second-order valence-electron chi connectivity index (χ2n) is 11.2. The summed E-state index contributed by atoms with van der Waals surface area (Å²) in [6, 6.07) is 29.7. The van der Waals surface area contributed by atoms with E-state index in [9.17, 15) is 9.59 Å². The molecule has 4 heterocycles. The highest BCUT2D eigenvalue weighted by molar-refractivity contribution is 9.09. The summed E-state index contributed by atoms with van der Waals surface area (Å²) in [5.41, 5.74) is 5.31. The number of rotatable bonds is 7. The van der Waals surface area contributed by atoms with Crippen LogP contribution in [-0.4, -0.2) is 57.6 Å². The van der Waals surface area contributed by atoms with Crippen molar-refractivity contribution in [1.29, 1.82) is 0 Å². The number of carbonyl (C=O) groups excluding carboxylic acids is 2.